The summed E-state index contributed by atoms with van der Waals surface area (Å²) in [6.07, 6.45) is 1.68. The van der Waals surface area contributed by atoms with E-state index >= 15 is 0 Å². The van der Waals surface area contributed by atoms with Crippen molar-refractivity contribution in [3.05, 3.63) is 45.3 Å². The van der Waals surface area contributed by atoms with Gasteiger partial charge in [-0.3, -0.25) is 9.48 Å². The lowest BCUT2D eigenvalue weighted by molar-refractivity contribution is -0.145. The molecule has 1 aromatic heterocycles. The number of allylic oxidation sites excluding steroid dienone is 1. The lowest BCUT2D eigenvalue weighted by atomic mass is 9.97. The predicted octanol–water partition coefficient (Wildman–Crippen LogP) is 4.55. The van der Waals surface area contributed by atoms with Crippen LogP contribution in [0.2, 0.25) is 19.6 Å². The second-order valence-corrected chi connectivity index (χ2v) is 15.0. The summed E-state index contributed by atoms with van der Waals surface area (Å²) in [5.41, 5.74) is 0.959. The molecular weight excluding hydrogens is 481 g/mol. The molecule has 0 aliphatic heterocycles. The Labute approximate surface area is 181 Å². The smallest absolute Gasteiger partial charge is 0.316 e. The van der Waals surface area contributed by atoms with E-state index in [0.29, 0.717) is 11.3 Å². The first-order valence-corrected chi connectivity index (χ1v) is 13.6. The highest BCUT2D eigenvalue weighted by Crippen LogP contribution is 2.32. The van der Waals surface area contributed by atoms with E-state index < -0.39 is 19.5 Å². The Balaban J connectivity index is 2.68. The standard InChI is InChI=1S/C21H26IN3O2Si/c1-21(2,3)20(26)27-19(18-17(22)13-24-25(18)4)16(12-23)14-8-10-15(11-9-14)28(5,6)7/h8-11,13H,1-7H3/b19-16-. The molecule has 0 unspecified atom stereocenters. The SMILES string of the molecule is Cn1ncc(I)c1/C(OC(=O)C(C)(C)C)=C(\C#N)c1ccc([Si](C)(C)C)cc1. The molecule has 28 heavy (non-hydrogen) atoms. The maximum Gasteiger partial charge on any atom is 0.316 e. The number of aromatic nitrogens is 2. The van der Waals surface area contributed by atoms with Gasteiger partial charge in [0.1, 0.15) is 17.3 Å². The van der Waals surface area contributed by atoms with Gasteiger partial charge in [-0.25, -0.2) is 0 Å². The monoisotopic (exact) mass is 507 g/mol. The predicted molar refractivity (Wildman–Crippen MR) is 123 cm³/mol. The van der Waals surface area contributed by atoms with Crippen LogP contribution in [0.3, 0.4) is 0 Å². The third kappa shape index (κ3) is 4.91. The van der Waals surface area contributed by atoms with E-state index in [4.69, 9.17) is 4.74 Å². The largest absolute Gasteiger partial charge is 0.422 e. The zero-order valence-corrected chi connectivity index (χ0v) is 20.6. The van der Waals surface area contributed by atoms with Crippen molar-refractivity contribution >= 4 is 53.2 Å². The number of aryl methyl sites for hydroxylation is 1. The highest BCUT2D eigenvalue weighted by molar-refractivity contribution is 14.1. The number of halogens is 1. The Bertz CT molecular complexity index is 936. The molecule has 0 fully saturated rings. The van der Waals surface area contributed by atoms with E-state index in [9.17, 15) is 10.1 Å². The van der Waals surface area contributed by atoms with Crippen molar-refractivity contribution in [2.45, 2.75) is 40.4 Å². The first-order valence-electron chi connectivity index (χ1n) is 9.01. The van der Waals surface area contributed by atoms with Crippen molar-refractivity contribution in [2.24, 2.45) is 12.5 Å². The zero-order chi connectivity index (χ0) is 21.3. The number of esters is 1. The second-order valence-electron chi connectivity index (χ2n) is 8.75. The van der Waals surface area contributed by atoms with Gasteiger partial charge in [0.15, 0.2) is 5.76 Å². The molecule has 148 valence electrons. The number of carbonyl (C=O) groups excluding carboxylic acids is 1. The number of ether oxygens (including phenoxy) is 1. The number of rotatable bonds is 4. The van der Waals surface area contributed by atoms with E-state index in [1.54, 1.807) is 38.7 Å². The highest BCUT2D eigenvalue weighted by atomic mass is 127. The molecule has 0 saturated carbocycles. The highest BCUT2D eigenvalue weighted by Gasteiger charge is 2.29. The summed E-state index contributed by atoms with van der Waals surface area (Å²) in [6, 6.07) is 10.2. The quantitative estimate of drug-likeness (QED) is 0.200. The van der Waals surface area contributed by atoms with Crippen LogP contribution in [-0.2, 0) is 16.6 Å². The number of benzene rings is 1. The molecule has 0 spiro atoms. The minimum atomic E-state index is -1.45. The minimum Gasteiger partial charge on any atom is -0.422 e. The fourth-order valence-electron chi connectivity index (χ4n) is 2.51. The summed E-state index contributed by atoms with van der Waals surface area (Å²) >= 11 is 2.14. The topological polar surface area (TPSA) is 67.9 Å². The summed E-state index contributed by atoms with van der Waals surface area (Å²) in [7, 11) is 0.319. The van der Waals surface area contributed by atoms with E-state index in [1.165, 1.54) is 5.19 Å². The average Bonchev–Trinajstić information content (AvgIpc) is 2.92. The number of hydrogen-bond donors (Lipinski definition) is 0. The third-order valence-corrected chi connectivity index (χ3v) is 7.15. The first kappa shape index (κ1) is 22.4. The average molecular weight is 507 g/mol. The number of carbonyl (C=O) groups is 1. The van der Waals surface area contributed by atoms with Crippen LogP contribution in [0.25, 0.3) is 11.3 Å². The molecular formula is C21H26IN3O2Si. The fourth-order valence-corrected chi connectivity index (χ4v) is 4.40. The summed E-state index contributed by atoms with van der Waals surface area (Å²) in [4.78, 5) is 12.6. The van der Waals surface area contributed by atoms with Crippen LogP contribution in [0.4, 0.5) is 0 Å². The van der Waals surface area contributed by atoms with Crippen LogP contribution in [0, 0.1) is 20.3 Å². The molecule has 5 nitrogen and oxygen atoms in total. The summed E-state index contributed by atoms with van der Waals surface area (Å²) in [5.74, 6) is -0.154. The van der Waals surface area contributed by atoms with E-state index in [-0.39, 0.29) is 5.76 Å². The fraction of sp³-hybridized carbons (Fsp3) is 0.381. The molecule has 0 aliphatic rings. The molecule has 7 heteroatoms. The molecule has 0 atom stereocenters. The van der Waals surface area contributed by atoms with E-state index in [1.807, 2.05) is 12.1 Å². The summed E-state index contributed by atoms with van der Waals surface area (Å²) in [6.45, 7) is 12.2. The first-order chi connectivity index (χ1) is 12.9. The Hall–Kier alpha value is -1.92. The minimum absolute atomic E-state index is 0.243. The van der Waals surface area contributed by atoms with Crippen molar-refractivity contribution in [3.63, 3.8) is 0 Å². The molecule has 0 amide bonds. The van der Waals surface area contributed by atoms with Gasteiger partial charge in [-0.15, -0.1) is 0 Å². The summed E-state index contributed by atoms with van der Waals surface area (Å²) < 4.78 is 8.22. The summed E-state index contributed by atoms with van der Waals surface area (Å²) in [5, 5.41) is 15.5. The lowest BCUT2D eigenvalue weighted by Crippen LogP contribution is -2.37. The van der Waals surface area contributed by atoms with Crippen molar-refractivity contribution in [3.8, 4) is 6.07 Å². The van der Waals surface area contributed by atoms with E-state index in [0.717, 1.165) is 9.13 Å². The molecule has 0 N–H and O–H groups in total. The number of nitriles is 1. The Morgan fingerprint density at radius 3 is 2.18 bits per heavy atom. The third-order valence-electron chi connectivity index (χ3n) is 4.29. The molecule has 2 rings (SSSR count). The van der Waals surface area contributed by atoms with Gasteiger partial charge in [-0.1, -0.05) is 49.1 Å². The van der Waals surface area contributed by atoms with Crippen molar-refractivity contribution in [2.75, 3.05) is 0 Å². The van der Waals surface area contributed by atoms with Crippen LogP contribution in [0.15, 0.2) is 30.5 Å². The number of nitrogens with zero attached hydrogens (tertiary/aromatic N) is 3. The lowest BCUT2D eigenvalue weighted by Gasteiger charge is -2.20. The molecule has 0 radical (unpaired) electrons. The van der Waals surface area contributed by atoms with Crippen LogP contribution < -0.4 is 5.19 Å². The van der Waals surface area contributed by atoms with Gasteiger partial charge in [0.05, 0.1) is 23.3 Å². The molecule has 2 aromatic rings. The van der Waals surface area contributed by atoms with Gasteiger partial charge in [0, 0.05) is 7.05 Å². The normalized spacial score (nSPS) is 13.0. The van der Waals surface area contributed by atoms with Crippen LogP contribution >= 0.6 is 22.6 Å². The second kappa shape index (κ2) is 8.21. The van der Waals surface area contributed by atoms with E-state index in [2.05, 4.69) is 65.5 Å². The molecule has 0 bridgehead atoms. The molecule has 1 heterocycles. The Morgan fingerprint density at radius 2 is 1.79 bits per heavy atom. The molecule has 0 aliphatic carbocycles. The zero-order valence-electron chi connectivity index (χ0n) is 17.4. The van der Waals surface area contributed by atoms with Gasteiger partial charge in [0.2, 0.25) is 0 Å². The van der Waals surface area contributed by atoms with Crippen molar-refractivity contribution in [1.82, 2.24) is 9.78 Å². The van der Waals surface area contributed by atoms with Crippen molar-refractivity contribution in [1.29, 1.82) is 5.26 Å². The number of hydrogen-bond acceptors (Lipinski definition) is 4. The molecule has 1 aromatic carbocycles. The molecule has 0 saturated heterocycles. The van der Waals surface area contributed by atoms with Crippen LogP contribution in [0.1, 0.15) is 32.0 Å². The van der Waals surface area contributed by atoms with Gasteiger partial charge in [-0.05, 0) is 48.9 Å². The Kier molecular flexibility index (Phi) is 6.56. The Morgan fingerprint density at radius 1 is 1.21 bits per heavy atom. The van der Waals surface area contributed by atoms with Gasteiger partial charge in [0.25, 0.3) is 0 Å². The van der Waals surface area contributed by atoms with Gasteiger partial charge < -0.3 is 4.74 Å². The van der Waals surface area contributed by atoms with Gasteiger partial charge in [-0.2, -0.15) is 10.4 Å². The van der Waals surface area contributed by atoms with Crippen LogP contribution in [0.5, 0.6) is 0 Å². The maximum atomic E-state index is 12.6. The maximum absolute atomic E-state index is 12.6. The van der Waals surface area contributed by atoms with Gasteiger partial charge >= 0.3 is 5.97 Å². The van der Waals surface area contributed by atoms with Crippen molar-refractivity contribution < 1.29 is 9.53 Å². The van der Waals surface area contributed by atoms with Crippen LogP contribution in [-0.4, -0.2) is 23.8 Å².